The van der Waals surface area contributed by atoms with Crippen molar-refractivity contribution in [3.8, 4) is 0 Å². The molecule has 1 saturated heterocycles. The van der Waals surface area contributed by atoms with Crippen molar-refractivity contribution in [3.63, 3.8) is 0 Å². The summed E-state index contributed by atoms with van der Waals surface area (Å²) in [6.45, 7) is 6.53. The third-order valence-corrected chi connectivity index (χ3v) is 1.40. The Kier molecular flexibility index (Phi) is 4.72. The molecule has 0 atom stereocenters. The Morgan fingerprint density at radius 3 is 2.00 bits per heavy atom. The highest BCUT2D eigenvalue weighted by Gasteiger charge is 2.21. The van der Waals surface area contributed by atoms with Crippen LogP contribution in [0.2, 0.25) is 0 Å². The van der Waals surface area contributed by atoms with Gasteiger partial charge in [-0.15, -0.1) is 0 Å². The van der Waals surface area contributed by atoms with Gasteiger partial charge in [0.25, 0.3) is 0 Å². The van der Waals surface area contributed by atoms with Crippen LogP contribution in [0.3, 0.4) is 0 Å². The average molecular weight is 131 g/mol. The van der Waals surface area contributed by atoms with Gasteiger partial charge in [0.1, 0.15) is 0 Å². The Hall–Kier alpha value is -0.0800. The van der Waals surface area contributed by atoms with E-state index in [2.05, 4.69) is 11.9 Å². The third-order valence-electron chi connectivity index (χ3n) is 1.40. The molecule has 1 N–H and O–H groups in total. The normalized spacial score (nSPS) is 20.0. The van der Waals surface area contributed by atoms with Crippen LogP contribution in [0.5, 0.6) is 0 Å². The topological polar surface area (TPSA) is 23.5 Å². The maximum Gasteiger partial charge on any atom is 0.0483 e. The molecule has 1 rings (SSSR count). The van der Waals surface area contributed by atoms with Crippen LogP contribution in [0.4, 0.5) is 0 Å². The summed E-state index contributed by atoms with van der Waals surface area (Å²) in [5, 5.41) is 8.48. The van der Waals surface area contributed by atoms with E-state index in [1.165, 1.54) is 0 Å². The van der Waals surface area contributed by atoms with E-state index in [1.54, 1.807) is 0 Å². The molecule has 0 bridgehead atoms. The van der Waals surface area contributed by atoms with E-state index >= 15 is 0 Å². The van der Waals surface area contributed by atoms with Gasteiger partial charge in [-0.25, -0.2) is 0 Å². The van der Waals surface area contributed by atoms with E-state index < -0.39 is 0 Å². The zero-order valence-electron chi connectivity index (χ0n) is 6.59. The summed E-state index contributed by atoms with van der Waals surface area (Å²) in [5.41, 5.74) is 0. The van der Waals surface area contributed by atoms with Crippen molar-refractivity contribution in [1.82, 2.24) is 4.90 Å². The van der Waals surface area contributed by atoms with Gasteiger partial charge in [-0.05, 0) is 7.05 Å². The van der Waals surface area contributed by atoms with Crippen LogP contribution in [0.1, 0.15) is 13.8 Å². The number of likely N-dealkylation sites (tertiary alicyclic amines) is 1. The molecule has 9 heavy (non-hydrogen) atoms. The van der Waals surface area contributed by atoms with Crippen molar-refractivity contribution >= 4 is 0 Å². The van der Waals surface area contributed by atoms with Crippen LogP contribution in [-0.4, -0.2) is 36.8 Å². The van der Waals surface area contributed by atoms with E-state index in [4.69, 9.17) is 5.11 Å². The first-order valence-electron chi connectivity index (χ1n) is 3.62. The average Bonchev–Trinajstić information content (AvgIpc) is 1.86. The largest absolute Gasteiger partial charge is 0.396 e. The van der Waals surface area contributed by atoms with E-state index in [0.717, 1.165) is 13.1 Å². The number of hydrogen-bond acceptors (Lipinski definition) is 2. The lowest BCUT2D eigenvalue weighted by Crippen LogP contribution is -2.45. The maximum absolute atomic E-state index is 8.48. The molecule has 2 heteroatoms. The molecular weight excluding hydrogens is 114 g/mol. The van der Waals surface area contributed by atoms with Gasteiger partial charge in [-0.1, -0.05) is 13.8 Å². The van der Waals surface area contributed by atoms with Crippen LogP contribution in [0, 0.1) is 5.92 Å². The number of hydrogen-bond donors (Lipinski definition) is 1. The second kappa shape index (κ2) is 4.77. The highest BCUT2D eigenvalue weighted by molar-refractivity contribution is 4.74. The standard InChI is InChI=1S/C5H11NO.C2H6/c1-6-2-5(3-6)4-7;1-2/h5,7H,2-4H2,1H3;1-2H3. The first-order valence-corrected chi connectivity index (χ1v) is 3.62. The number of nitrogens with zero attached hydrogens (tertiary/aromatic N) is 1. The Labute approximate surface area is 57.5 Å². The van der Waals surface area contributed by atoms with Gasteiger partial charge in [0.15, 0.2) is 0 Å². The van der Waals surface area contributed by atoms with Crippen LogP contribution in [0.15, 0.2) is 0 Å². The van der Waals surface area contributed by atoms with Crippen molar-refractivity contribution in [2.24, 2.45) is 5.92 Å². The second-order valence-corrected chi connectivity index (χ2v) is 2.27. The molecule has 1 heterocycles. The second-order valence-electron chi connectivity index (χ2n) is 2.27. The maximum atomic E-state index is 8.48. The smallest absolute Gasteiger partial charge is 0.0483 e. The summed E-state index contributed by atoms with van der Waals surface area (Å²) in [6, 6.07) is 0. The van der Waals surface area contributed by atoms with Crippen molar-refractivity contribution in [2.45, 2.75) is 13.8 Å². The molecule has 0 spiro atoms. The van der Waals surface area contributed by atoms with E-state index in [1.807, 2.05) is 13.8 Å². The summed E-state index contributed by atoms with van der Waals surface area (Å²) in [6.07, 6.45) is 0. The summed E-state index contributed by atoms with van der Waals surface area (Å²) in [4.78, 5) is 2.20. The first-order chi connectivity index (χ1) is 4.33. The van der Waals surface area contributed by atoms with Gasteiger partial charge in [0, 0.05) is 25.6 Å². The Morgan fingerprint density at radius 2 is 1.89 bits per heavy atom. The molecule has 1 aliphatic rings. The Balaban J connectivity index is 0.000000291. The van der Waals surface area contributed by atoms with Crippen molar-refractivity contribution in [3.05, 3.63) is 0 Å². The molecular formula is C7H17NO. The highest BCUT2D eigenvalue weighted by Crippen LogP contribution is 2.09. The quantitative estimate of drug-likeness (QED) is 0.562. The lowest BCUT2D eigenvalue weighted by Gasteiger charge is -2.34. The zero-order chi connectivity index (χ0) is 7.28. The molecule has 56 valence electrons. The number of aliphatic hydroxyl groups excluding tert-OH is 1. The molecule has 0 aromatic rings. The molecule has 0 saturated carbocycles. The van der Waals surface area contributed by atoms with Gasteiger partial charge in [-0.2, -0.15) is 0 Å². The predicted molar refractivity (Wildman–Crippen MR) is 39.4 cm³/mol. The van der Waals surface area contributed by atoms with Crippen LogP contribution in [0.25, 0.3) is 0 Å². The minimum absolute atomic E-state index is 0.365. The summed E-state index contributed by atoms with van der Waals surface area (Å²) in [7, 11) is 2.06. The Bertz CT molecular complexity index is 59.9. The fourth-order valence-corrected chi connectivity index (χ4v) is 0.944. The fourth-order valence-electron chi connectivity index (χ4n) is 0.944. The molecule has 1 fully saturated rings. The molecule has 0 aromatic carbocycles. The summed E-state index contributed by atoms with van der Waals surface area (Å²) >= 11 is 0. The molecule has 2 nitrogen and oxygen atoms in total. The zero-order valence-corrected chi connectivity index (χ0v) is 6.59. The number of aliphatic hydroxyl groups is 1. The lowest BCUT2D eigenvalue weighted by atomic mass is 10.0. The van der Waals surface area contributed by atoms with Gasteiger partial charge in [0.2, 0.25) is 0 Å². The molecule has 1 aliphatic heterocycles. The molecule has 0 aliphatic carbocycles. The van der Waals surface area contributed by atoms with Crippen LogP contribution in [-0.2, 0) is 0 Å². The van der Waals surface area contributed by atoms with Gasteiger partial charge in [0.05, 0.1) is 0 Å². The van der Waals surface area contributed by atoms with Crippen molar-refractivity contribution < 1.29 is 5.11 Å². The SMILES string of the molecule is CC.CN1CC(CO)C1. The highest BCUT2D eigenvalue weighted by atomic mass is 16.3. The van der Waals surface area contributed by atoms with E-state index in [0.29, 0.717) is 12.5 Å². The van der Waals surface area contributed by atoms with Gasteiger partial charge < -0.3 is 10.0 Å². The van der Waals surface area contributed by atoms with Crippen LogP contribution < -0.4 is 0 Å². The number of rotatable bonds is 1. The monoisotopic (exact) mass is 131 g/mol. The molecule has 0 unspecified atom stereocenters. The lowest BCUT2D eigenvalue weighted by molar-refractivity contribution is 0.0760. The summed E-state index contributed by atoms with van der Waals surface area (Å²) in [5.74, 6) is 0.574. The molecule has 0 aromatic heterocycles. The molecule has 0 amide bonds. The van der Waals surface area contributed by atoms with Crippen molar-refractivity contribution in [1.29, 1.82) is 0 Å². The minimum Gasteiger partial charge on any atom is -0.396 e. The summed E-state index contributed by atoms with van der Waals surface area (Å²) < 4.78 is 0. The predicted octanol–water partition coefficient (Wildman–Crippen LogP) is 0.567. The van der Waals surface area contributed by atoms with E-state index in [9.17, 15) is 0 Å². The minimum atomic E-state index is 0.365. The van der Waals surface area contributed by atoms with Crippen molar-refractivity contribution in [2.75, 3.05) is 26.7 Å². The first kappa shape index (κ1) is 8.92. The van der Waals surface area contributed by atoms with Crippen LogP contribution >= 0.6 is 0 Å². The van der Waals surface area contributed by atoms with Gasteiger partial charge >= 0.3 is 0 Å². The Morgan fingerprint density at radius 1 is 1.44 bits per heavy atom. The molecule has 0 radical (unpaired) electrons. The third kappa shape index (κ3) is 2.82. The van der Waals surface area contributed by atoms with Gasteiger partial charge in [-0.3, -0.25) is 0 Å². The van der Waals surface area contributed by atoms with E-state index in [-0.39, 0.29) is 0 Å². The fraction of sp³-hybridized carbons (Fsp3) is 1.00.